The second-order valence-electron chi connectivity index (χ2n) is 8.14. The molecule has 1 amide bonds. The molecule has 1 unspecified atom stereocenters. The van der Waals surface area contributed by atoms with Crippen LogP contribution in [-0.4, -0.2) is 59.6 Å². The van der Waals surface area contributed by atoms with Gasteiger partial charge in [0.25, 0.3) is 0 Å². The molecule has 33 heavy (non-hydrogen) atoms. The van der Waals surface area contributed by atoms with Crippen molar-refractivity contribution < 1.29 is 22.7 Å². The number of anilines is 1. The van der Waals surface area contributed by atoms with Crippen LogP contribution in [0.25, 0.3) is 0 Å². The van der Waals surface area contributed by atoms with Crippen LogP contribution < -0.4 is 19.5 Å². The van der Waals surface area contributed by atoms with E-state index in [-0.39, 0.29) is 23.3 Å². The topological polar surface area (TPSA) is 97.0 Å². The second-order valence-corrected chi connectivity index (χ2v) is 10.3. The number of hydrogen-bond acceptors (Lipinski definition) is 6. The van der Waals surface area contributed by atoms with Crippen LogP contribution in [0.2, 0.25) is 5.02 Å². The van der Waals surface area contributed by atoms with Gasteiger partial charge in [-0.15, -0.1) is 0 Å². The number of sulfonamides is 1. The zero-order valence-electron chi connectivity index (χ0n) is 19.1. The van der Waals surface area contributed by atoms with E-state index in [1.807, 2.05) is 11.8 Å². The zero-order chi connectivity index (χ0) is 24.0. The van der Waals surface area contributed by atoms with Gasteiger partial charge in [0.2, 0.25) is 15.9 Å². The SMILES string of the molecule is COc1cc(OC)c(NC(=O)CN2CCCC(CNS(=O)(=O)c3ccc(C)cc3)C2)cc1Cl. The summed E-state index contributed by atoms with van der Waals surface area (Å²) in [4.78, 5) is 14.9. The average Bonchev–Trinajstić information content (AvgIpc) is 2.78. The van der Waals surface area contributed by atoms with Gasteiger partial charge < -0.3 is 14.8 Å². The Hall–Kier alpha value is -2.33. The lowest BCUT2D eigenvalue weighted by molar-refractivity contribution is -0.117. The van der Waals surface area contributed by atoms with Crippen LogP contribution >= 0.6 is 11.6 Å². The highest BCUT2D eigenvalue weighted by Gasteiger charge is 2.24. The van der Waals surface area contributed by atoms with Gasteiger partial charge in [-0.1, -0.05) is 29.3 Å². The normalized spacial score (nSPS) is 16.9. The van der Waals surface area contributed by atoms with E-state index in [0.29, 0.717) is 35.3 Å². The number of piperidine rings is 1. The maximum Gasteiger partial charge on any atom is 0.240 e. The fraction of sp³-hybridized carbons (Fsp3) is 0.435. The van der Waals surface area contributed by atoms with Gasteiger partial charge in [-0.2, -0.15) is 0 Å². The summed E-state index contributed by atoms with van der Waals surface area (Å²) in [7, 11) is -0.548. The number of halogens is 1. The third kappa shape index (κ3) is 6.83. The predicted molar refractivity (Wildman–Crippen MR) is 129 cm³/mol. The van der Waals surface area contributed by atoms with Crippen molar-refractivity contribution >= 4 is 33.2 Å². The van der Waals surface area contributed by atoms with E-state index in [0.717, 1.165) is 24.9 Å². The van der Waals surface area contributed by atoms with E-state index in [4.69, 9.17) is 21.1 Å². The van der Waals surface area contributed by atoms with Crippen LogP contribution in [-0.2, 0) is 14.8 Å². The van der Waals surface area contributed by atoms with E-state index in [2.05, 4.69) is 10.0 Å². The Bertz CT molecular complexity index is 1080. The molecule has 1 fully saturated rings. The first-order valence-corrected chi connectivity index (χ1v) is 12.6. The van der Waals surface area contributed by atoms with Crippen molar-refractivity contribution in [3.05, 3.63) is 47.0 Å². The second kappa shape index (κ2) is 11.2. The molecule has 0 bridgehead atoms. The van der Waals surface area contributed by atoms with Crippen molar-refractivity contribution in [1.29, 1.82) is 0 Å². The lowest BCUT2D eigenvalue weighted by atomic mass is 9.98. The molecule has 8 nitrogen and oxygen atoms in total. The van der Waals surface area contributed by atoms with Crippen LogP contribution in [0.5, 0.6) is 11.5 Å². The molecule has 1 saturated heterocycles. The third-order valence-electron chi connectivity index (χ3n) is 5.61. The number of methoxy groups -OCH3 is 2. The minimum atomic E-state index is -3.56. The maximum absolute atomic E-state index is 12.7. The molecule has 2 N–H and O–H groups in total. The Labute approximate surface area is 200 Å². The van der Waals surface area contributed by atoms with Gasteiger partial charge >= 0.3 is 0 Å². The smallest absolute Gasteiger partial charge is 0.240 e. The third-order valence-corrected chi connectivity index (χ3v) is 7.35. The van der Waals surface area contributed by atoms with Gasteiger partial charge in [-0.05, 0) is 50.4 Å². The highest BCUT2D eigenvalue weighted by Crippen LogP contribution is 2.35. The Morgan fingerprint density at radius 2 is 1.85 bits per heavy atom. The van der Waals surface area contributed by atoms with Gasteiger partial charge in [0, 0.05) is 19.2 Å². The summed E-state index contributed by atoms with van der Waals surface area (Å²) in [6, 6.07) is 9.98. The number of carbonyl (C=O) groups is 1. The number of nitrogens with one attached hydrogen (secondary N) is 2. The molecule has 1 aliphatic rings. The molecule has 3 rings (SSSR count). The van der Waals surface area contributed by atoms with Gasteiger partial charge in [0.05, 0.1) is 36.4 Å². The van der Waals surface area contributed by atoms with Gasteiger partial charge in [0.15, 0.2) is 0 Å². The number of benzene rings is 2. The summed E-state index contributed by atoms with van der Waals surface area (Å²) in [5.41, 5.74) is 1.47. The van der Waals surface area contributed by atoms with E-state index in [9.17, 15) is 13.2 Å². The summed E-state index contributed by atoms with van der Waals surface area (Å²) < 4.78 is 38.3. The summed E-state index contributed by atoms with van der Waals surface area (Å²) in [6.45, 7) is 3.83. The number of hydrogen-bond donors (Lipinski definition) is 2. The zero-order valence-corrected chi connectivity index (χ0v) is 20.6. The molecule has 0 spiro atoms. The average molecular weight is 496 g/mol. The fourth-order valence-corrected chi connectivity index (χ4v) is 5.20. The molecule has 0 saturated carbocycles. The Morgan fingerprint density at radius 1 is 1.15 bits per heavy atom. The van der Waals surface area contributed by atoms with Crippen LogP contribution in [0.3, 0.4) is 0 Å². The molecule has 1 aliphatic heterocycles. The van der Waals surface area contributed by atoms with Crippen LogP contribution in [0.4, 0.5) is 5.69 Å². The number of nitrogens with zero attached hydrogens (tertiary/aromatic N) is 1. The number of aryl methyl sites for hydroxylation is 1. The molecule has 0 aliphatic carbocycles. The van der Waals surface area contributed by atoms with E-state index in [1.54, 1.807) is 36.4 Å². The molecule has 10 heteroatoms. The van der Waals surface area contributed by atoms with Gasteiger partial charge in [0.1, 0.15) is 11.5 Å². The number of carbonyl (C=O) groups excluding carboxylic acids is 1. The summed E-state index contributed by atoms with van der Waals surface area (Å²) in [5, 5.41) is 3.21. The molecular weight excluding hydrogens is 466 g/mol. The first kappa shape index (κ1) is 25.3. The van der Waals surface area contributed by atoms with E-state index < -0.39 is 10.0 Å². The first-order chi connectivity index (χ1) is 15.7. The lowest BCUT2D eigenvalue weighted by Crippen LogP contribution is -2.43. The maximum atomic E-state index is 12.7. The number of ether oxygens (including phenoxy) is 2. The summed E-state index contributed by atoms with van der Waals surface area (Å²) in [5.74, 6) is 0.831. The summed E-state index contributed by atoms with van der Waals surface area (Å²) in [6.07, 6.45) is 1.79. The van der Waals surface area contributed by atoms with Crippen molar-refractivity contribution in [2.75, 3.05) is 45.7 Å². The first-order valence-electron chi connectivity index (χ1n) is 10.7. The van der Waals surface area contributed by atoms with Crippen LogP contribution in [0, 0.1) is 12.8 Å². The van der Waals surface area contributed by atoms with Crippen molar-refractivity contribution in [2.24, 2.45) is 5.92 Å². The molecule has 180 valence electrons. The number of rotatable bonds is 9. The van der Waals surface area contributed by atoms with Crippen molar-refractivity contribution in [2.45, 2.75) is 24.7 Å². The molecule has 2 aromatic rings. The van der Waals surface area contributed by atoms with Crippen molar-refractivity contribution in [1.82, 2.24) is 9.62 Å². The van der Waals surface area contributed by atoms with Gasteiger partial charge in [-0.25, -0.2) is 13.1 Å². The summed E-state index contributed by atoms with van der Waals surface area (Å²) >= 11 is 6.18. The number of likely N-dealkylation sites (tertiary alicyclic amines) is 1. The largest absolute Gasteiger partial charge is 0.495 e. The highest BCUT2D eigenvalue weighted by atomic mass is 35.5. The Morgan fingerprint density at radius 3 is 2.52 bits per heavy atom. The predicted octanol–water partition coefficient (Wildman–Crippen LogP) is 3.29. The standard InChI is InChI=1S/C23H30ClN3O5S/c1-16-6-8-18(9-7-16)33(29,30)25-13-17-5-4-10-27(14-17)15-23(28)26-20-11-19(24)21(31-2)12-22(20)32-3/h6-9,11-12,17,25H,4-5,10,13-15H2,1-3H3,(H,26,28). The van der Waals surface area contributed by atoms with Crippen molar-refractivity contribution in [3.8, 4) is 11.5 Å². The molecule has 1 heterocycles. The molecular formula is C23H30ClN3O5S. The van der Waals surface area contributed by atoms with Crippen molar-refractivity contribution in [3.63, 3.8) is 0 Å². The Balaban J connectivity index is 1.55. The van der Waals surface area contributed by atoms with Crippen LogP contribution in [0.1, 0.15) is 18.4 Å². The number of amides is 1. The van der Waals surface area contributed by atoms with Gasteiger partial charge in [-0.3, -0.25) is 9.69 Å². The monoisotopic (exact) mass is 495 g/mol. The highest BCUT2D eigenvalue weighted by molar-refractivity contribution is 7.89. The quantitative estimate of drug-likeness (QED) is 0.554. The van der Waals surface area contributed by atoms with E-state index >= 15 is 0 Å². The molecule has 0 radical (unpaired) electrons. The minimum Gasteiger partial charge on any atom is -0.495 e. The fourth-order valence-electron chi connectivity index (χ4n) is 3.84. The minimum absolute atomic E-state index is 0.122. The lowest BCUT2D eigenvalue weighted by Gasteiger charge is -2.32. The molecule has 0 aromatic heterocycles. The Kier molecular flexibility index (Phi) is 8.58. The van der Waals surface area contributed by atoms with Crippen LogP contribution in [0.15, 0.2) is 41.3 Å². The van der Waals surface area contributed by atoms with E-state index in [1.165, 1.54) is 14.2 Å². The molecule has 2 aromatic carbocycles. The molecule has 1 atom stereocenters.